The van der Waals surface area contributed by atoms with E-state index in [1.165, 1.54) is 50.5 Å². The molecule has 1 aromatic rings. The molecule has 1 unspecified atom stereocenters. The molecule has 1 aromatic carbocycles. The minimum absolute atomic E-state index is 0.786. The molecule has 0 heteroatoms. The van der Waals surface area contributed by atoms with Gasteiger partial charge in [-0.25, -0.2) is 0 Å². The fourth-order valence-corrected chi connectivity index (χ4v) is 4.91. The van der Waals surface area contributed by atoms with Gasteiger partial charge in [0.2, 0.25) is 0 Å². The van der Waals surface area contributed by atoms with E-state index in [1.54, 1.807) is 27.9 Å². The van der Waals surface area contributed by atoms with Crippen molar-refractivity contribution >= 4 is 5.57 Å². The summed E-state index contributed by atoms with van der Waals surface area (Å²) in [6.45, 7) is 0. The van der Waals surface area contributed by atoms with Crippen molar-refractivity contribution in [2.24, 2.45) is 5.92 Å². The van der Waals surface area contributed by atoms with Crippen molar-refractivity contribution < 1.29 is 0 Å². The van der Waals surface area contributed by atoms with Gasteiger partial charge >= 0.3 is 0 Å². The van der Waals surface area contributed by atoms with Crippen LogP contribution in [0.4, 0.5) is 0 Å². The van der Waals surface area contributed by atoms with Crippen LogP contribution in [0.1, 0.15) is 49.7 Å². The van der Waals surface area contributed by atoms with E-state index >= 15 is 0 Å². The second-order valence-electron chi connectivity index (χ2n) is 6.76. The molecule has 20 heavy (non-hydrogen) atoms. The van der Waals surface area contributed by atoms with Crippen molar-refractivity contribution in [2.45, 2.75) is 44.9 Å². The van der Waals surface area contributed by atoms with Crippen molar-refractivity contribution in [3.8, 4) is 0 Å². The van der Waals surface area contributed by atoms with Gasteiger partial charge in [-0.3, -0.25) is 0 Å². The number of allylic oxidation sites excluding steroid dienone is 6. The van der Waals surface area contributed by atoms with E-state index in [0.29, 0.717) is 0 Å². The first-order valence-electron chi connectivity index (χ1n) is 8.16. The Labute approximate surface area is 120 Å². The monoisotopic (exact) mass is 260 g/mol. The maximum absolute atomic E-state index is 2.56. The molecule has 0 aromatic heterocycles. The van der Waals surface area contributed by atoms with Gasteiger partial charge in [0.1, 0.15) is 0 Å². The molecule has 4 aliphatic rings. The zero-order chi connectivity index (χ0) is 13.1. The van der Waals surface area contributed by atoms with E-state index in [-0.39, 0.29) is 0 Å². The summed E-state index contributed by atoms with van der Waals surface area (Å²) >= 11 is 0. The summed E-state index contributed by atoms with van der Waals surface area (Å²) in [4.78, 5) is 0. The summed E-state index contributed by atoms with van der Waals surface area (Å²) in [6, 6.07) is 9.08. The van der Waals surface area contributed by atoms with E-state index in [0.717, 1.165) is 5.92 Å². The van der Waals surface area contributed by atoms with E-state index in [2.05, 4.69) is 30.3 Å². The Morgan fingerprint density at radius 2 is 1.85 bits per heavy atom. The average Bonchev–Trinajstić information content (AvgIpc) is 2.92. The first kappa shape index (κ1) is 11.1. The lowest BCUT2D eigenvalue weighted by Gasteiger charge is -2.34. The summed E-state index contributed by atoms with van der Waals surface area (Å²) in [5.41, 5.74) is 11.7. The largest absolute Gasteiger partial charge is 0.0619 e. The SMILES string of the molecule is C1=C2C3=C(CCC3C3=C1CCCC3)Cc1ccccc12. The smallest absolute Gasteiger partial charge is 0.00628 e. The molecule has 0 aliphatic heterocycles. The molecule has 0 radical (unpaired) electrons. The van der Waals surface area contributed by atoms with Crippen LogP contribution < -0.4 is 0 Å². The molecular formula is C20H20. The van der Waals surface area contributed by atoms with Gasteiger partial charge in [-0.15, -0.1) is 0 Å². The van der Waals surface area contributed by atoms with Crippen LogP contribution in [0, 0.1) is 5.92 Å². The van der Waals surface area contributed by atoms with Crippen molar-refractivity contribution in [3.05, 3.63) is 63.8 Å². The van der Waals surface area contributed by atoms with Crippen LogP contribution in [0.15, 0.2) is 52.6 Å². The predicted octanol–water partition coefficient (Wildman–Crippen LogP) is 5.22. The summed E-state index contributed by atoms with van der Waals surface area (Å²) in [5, 5.41) is 0. The minimum Gasteiger partial charge on any atom is -0.0619 e. The van der Waals surface area contributed by atoms with Gasteiger partial charge in [-0.2, -0.15) is 0 Å². The summed E-state index contributed by atoms with van der Waals surface area (Å²) in [7, 11) is 0. The normalized spacial score (nSPS) is 27.0. The molecule has 4 aliphatic carbocycles. The highest BCUT2D eigenvalue weighted by Gasteiger charge is 2.38. The number of hydrogen-bond acceptors (Lipinski definition) is 0. The van der Waals surface area contributed by atoms with Crippen LogP contribution in [0.25, 0.3) is 5.57 Å². The summed E-state index contributed by atoms with van der Waals surface area (Å²) in [6.07, 6.45) is 12.0. The number of rotatable bonds is 0. The molecule has 0 nitrogen and oxygen atoms in total. The van der Waals surface area contributed by atoms with Gasteiger partial charge < -0.3 is 0 Å². The second kappa shape index (κ2) is 3.97. The number of fused-ring (bicyclic) bond motifs is 3. The Balaban J connectivity index is 1.77. The van der Waals surface area contributed by atoms with Crippen molar-refractivity contribution in [1.29, 1.82) is 0 Å². The molecule has 0 N–H and O–H groups in total. The predicted molar refractivity (Wildman–Crippen MR) is 83.4 cm³/mol. The third kappa shape index (κ3) is 1.37. The van der Waals surface area contributed by atoms with Crippen molar-refractivity contribution in [2.75, 3.05) is 0 Å². The highest BCUT2D eigenvalue weighted by atomic mass is 14.4. The Hall–Kier alpha value is -1.56. The van der Waals surface area contributed by atoms with E-state index in [1.807, 2.05) is 5.57 Å². The first-order chi connectivity index (χ1) is 9.92. The minimum atomic E-state index is 0.786. The van der Waals surface area contributed by atoms with Gasteiger partial charge in [-0.05, 0) is 72.8 Å². The van der Waals surface area contributed by atoms with Gasteiger partial charge in [-0.1, -0.05) is 41.5 Å². The maximum atomic E-state index is 2.56. The zero-order valence-corrected chi connectivity index (χ0v) is 11.9. The van der Waals surface area contributed by atoms with Crippen molar-refractivity contribution in [1.82, 2.24) is 0 Å². The van der Waals surface area contributed by atoms with Crippen LogP contribution >= 0.6 is 0 Å². The second-order valence-corrected chi connectivity index (χ2v) is 6.76. The molecule has 0 heterocycles. The Bertz CT molecular complexity index is 697. The topological polar surface area (TPSA) is 0 Å². The zero-order valence-electron chi connectivity index (χ0n) is 11.9. The lowest BCUT2D eigenvalue weighted by atomic mass is 9.70. The molecule has 5 rings (SSSR count). The number of hydrogen-bond donors (Lipinski definition) is 0. The summed E-state index contributed by atoms with van der Waals surface area (Å²) < 4.78 is 0. The standard InChI is InChI=1S/C20H20/c1-4-8-17-13(5-1)11-15-9-10-18-16-7-3-2-6-14(16)12-19(17)20(15)18/h1,4-5,8,12,18H,2-3,6-7,9-11H2. The van der Waals surface area contributed by atoms with Crippen LogP contribution in [-0.4, -0.2) is 0 Å². The van der Waals surface area contributed by atoms with Gasteiger partial charge in [0.25, 0.3) is 0 Å². The summed E-state index contributed by atoms with van der Waals surface area (Å²) in [5.74, 6) is 0.786. The van der Waals surface area contributed by atoms with Gasteiger partial charge in [0.05, 0.1) is 0 Å². The molecule has 0 saturated carbocycles. The Morgan fingerprint density at radius 3 is 2.85 bits per heavy atom. The molecule has 0 bridgehead atoms. The highest BCUT2D eigenvalue weighted by molar-refractivity contribution is 5.89. The molecule has 0 saturated heterocycles. The van der Waals surface area contributed by atoms with E-state index in [9.17, 15) is 0 Å². The Kier molecular flexibility index (Phi) is 2.21. The van der Waals surface area contributed by atoms with E-state index < -0.39 is 0 Å². The average molecular weight is 260 g/mol. The molecule has 1 atom stereocenters. The fourth-order valence-electron chi connectivity index (χ4n) is 4.91. The Morgan fingerprint density at radius 1 is 0.950 bits per heavy atom. The highest BCUT2D eigenvalue weighted by Crippen LogP contribution is 2.54. The molecular weight excluding hydrogens is 240 g/mol. The first-order valence-corrected chi connectivity index (χ1v) is 8.16. The molecule has 0 fully saturated rings. The molecule has 100 valence electrons. The van der Waals surface area contributed by atoms with Crippen LogP contribution in [0.5, 0.6) is 0 Å². The van der Waals surface area contributed by atoms with Crippen LogP contribution in [-0.2, 0) is 6.42 Å². The van der Waals surface area contributed by atoms with Gasteiger partial charge in [0, 0.05) is 5.92 Å². The quantitative estimate of drug-likeness (QED) is 0.600. The van der Waals surface area contributed by atoms with Gasteiger partial charge in [0.15, 0.2) is 0 Å². The van der Waals surface area contributed by atoms with Crippen molar-refractivity contribution in [3.63, 3.8) is 0 Å². The lowest BCUT2D eigenvalue weighted by Crippen LogP contribution is -2.18. The fraction of sp³-hybridized carbons (Fsp3) is 0.400. The third-order valence-corrected chi connectivity index (χ3v) is 5.76. The van der Waals surface area contributed by atoms with Crippen LogP contribution in [0.2, 0.25) is 0 Å². The van der Waals surface area contributed by atoms with Crippen LogP contribution in [0.3, 0.4) is 0 Å². The molecule has 0 amide bonds. The molecule has 0 spiro atoms. The third-order valence-electron chi connectivity index (χ3n) is 5.76. The number of benzene rings is 1. The lowest BCUT2D eigenvalue weighted by molar-refractivity contribution is 0.588. The maximum Gasteiger partial charge on any atom is 0.00628 e. The van der Waals surface area contributed by atoms with E-state index in [4.69, 9.17) is 0 Å².